The molecule has 0 saturated carbocycles. The molecule has 2 nitrogen and oxygen atoms in total. The predicted octanol–water partition coefficient (Wildman–Crippen LogP) is 2.60. The van der Waals surface area contributed by atoms with Gasteiger partial charge in [-0.2, -0.15) is 0 Å². The number of benzene rings is 1. The van der Waals surface area contributed by atoms with Gasteiger partial charge in [-0.15, -0.1) is 0 Å². The molecule has 1 atom stereocenters. The first kappa shape index (κ1) is 11.2. The van der Waals surface area contributed by atoms with Crippen molar-refractivity contribution in [3.05, 3.63) is 35.4 Å². The Bertz CT molecular complexity index is 398. The summed E-state index contributed by atoms with van der Waals surface area (Å²) >= 11 is 0. The molecule has 1 saturated heterocycles. The van der Waals surface area contributed by atoms with E-state index in [1.807, 2.05) is 0 Å². The standard InChI is InChI=1S/C15H21NO/c16-15(11-12-6-9-17-10-7-12)8-5-13-3-1-2-4-14(13)15/h1-4,12H,5-11,16H2. The summed E-state index contributed by atoms with van der Waals surface area (Å²) in [6.07, 6.45) is 5.76. The molecule has 1 aliphatic carbocycles. The van der Waals surface area contributed by atoms with Gasteiger partial charge in [0, 0.05) is 18.8 Å². The van der Waals surface area contributed by atoms with Crippen molar-refractivity contribution in [2.75, 3.05) is 13.2 Å². The highest BCUT2D eigenvalue weighted by Gasteiger charge is 2.36. The predicted molar refractivity (Wildman–Crippen MR) is 68.8 cm³/mol. The van der Waals surface area contributed by atoms with Gasteiger partial charge in [-0.25, -0.2) is 0 Å². The molecule has 2 heteroatoms. The van der Waals surface area contributed by atoms with E-state index < -0.39 is 0 Å². The molecule has 1 fully saturated rings. The Hall–Kier alpha value is -0.860. The van der Waals surface area contributed by atoms with E-state index in [0.717, 1.165) is 38.4 Å². The third kappa shape index (κ3) is 2.12. The molecule has 1 heterocycles. The first-order valence-electron chi connectivity index (χ1n) is 6.73. The van der Waals surface area contributed by atoms with E-state index in [2.05, 4.69) is 24.3 Å². The van der Waals surface area contributed by atoms with E-state index >= 15 is 0 Å². The van der Waals surface area contributed by atoms with Gasteiger partial charge in [0.1, 0.15) is 0 Å². The summed E-state index contributed by atoms with van der Waals surface area (Å²) in [6.45, 7) is 1.84. The van der Waals surface area contributed by atoms with Crippen LogP contribution in [0.4, 0.5) is 0 Å². The van der Waals surface area contributed by atoms with Gasteiger partial charge in [0.25, 0.3) is 0 Å². The third-order valence-corrected chi connectivity index (χ3v) is 4.39. The topological polar surface area (TPSA) is 35.2 Å². The van der Waals surface area contributed by atoms with Gasteiger partial charge >= 0.3 is 0 Å². The molecule has 1 unspecified atom stereocenters. The first-order valence-corrected chi connectivity index (χ1v) is 6.73. The van der Waals surface area contributed by atoms with Crippen molar-refractivity contribution in [1.29, 1.82) is 0 Å². The molecule has 0 bridgehead atoms. The van der Waals surface area contributed by atoms with E-state index in [-0.39, 0.29) is 5.54 Å². The van der Waals surface area contributed by atoms with Crippen molar-refractivity contribution in [1.82, 2.24) is 0 Å². The van der Waals surface area contributed by atoms with Crippen LogP contribution in [-0.2, 0) is 16.7 Å². The van der Waals surface area contributed by atoms with Crippen LogP contribution in [0.2, 0.25) is 0 Å². The Morgan fingerprint density at radius 2 is 2.00 bits per heavy atom. The van der Waals surface area contributed by atoms with Crippen LogP contribution in [0.25, 0.3) is 0 Å². The van der Waals surface area contributed by atoms with Crippen LogP contribution in [0.5, 0.6) is 0 Å². The Morgan fingerprint density at radius 1 is 1.24 bits per heavy atom. The largest absolute Gasteiger partial charge is 0.381 e. The lowest BCUT2D eigenvalue weighted by atomic mass is 9.80. The normalized spacial score (nSPS) is 29.2. The van der Waals surface area contributed by atoms with Crippen molar-refractivity contribution >= 4 is 0 Å². The van der Waals surface area contributed by atoms with E-state index in [9.17, 15) is 0 Å². The molecule has 3 rings (SSSR count). The highest BCUT2D eigenvalue weighted by Crippen LogP contribution is 2.40. The fourth-order valence-electron chi connectivity index (χ4n) is 3.39. The molecule has 0 spiro atoms. The summed E-state index contributed by atoms with van der Waals surface area (Å²) < 4.78 is 5.43. The Morgan fingerprint density at radius 3 is 2.82 bits per heavy atom. The summed E-state index contributed by atoms with van der Waals surface area (Å²) in [6, 6.07) is 8.70. The van der Waals surface area contributed by atoms with Crippen molar-refractivity contribution in [3.8, 4) is 0 Å². The van der Waals surface area contributed by atoms with Gasteiger partial charge in [-0.1, -0.05) is 24.3 Å². The van der Waals surface area contributed by atoms with E-state index in [0.29, 0.717) is 0 Å². The zero-order valence-corrected chi connectivity index (χ0v) is 10.3. The van der Waals surface area contributed by atoms with Crippen LogP contribution in [0.3, 0.4) is 0 Å². The number of hydrogen-bond donors (Lipinski definition) is 1. The summed E-state index contributed by atoms with van der Waals surface area (Å²) in [7, 11) is 0. The fraction of sp³-hybridized carbons (Fsp3) is 0.600. The van der Waals surface area contributed by atoms with Crippen molar-refractivity contribution < 1.29 is 4.74 Å². The molecule has 2 N–H and O–H groups in total. The van der Waals surface area contributed by atoms with Crippen molar-refractivity contribution in [2.24, 2.45) is 11.7 Å². The van der Waals surface area contributed by atoms with Crippen LogP contribution >= 0.6 is 0 Å². The third-order valence-electron chi connectivity index (χ3n) is 4.39. The summed E-state index contributed by atoms with van der Waals surface area (Å²) in [5, 5.41) is 0. The summed E-state index contributed by atoms with van der Waals surface area (Å²) in [4.78, 5) is 0. The molecule has 0 aromatic heterocycles. The lowest BCUT2D eigenvalue weighted by Gasteiger charge is -2.32. The maximum absolute atomic E-state index is 6.66. The van der Waals surface area contributed by atoms with E-state index in [4.69, 9.17) is 10.5 Å². The highest BCUT2D eigenvalue weighted by molar-refractivity contribution is 5.38. The summed E-state index contributed by atoms with van der Waals surface area (Å²) in [5.41, 5.74) is 9.45. The average molecular weight is 231 g/mol. The smallest absolute Gasteiger partial charge is 0.0468 e. The number of aryl methyl sites for hydroxylation is 1. The monoisotopic (exact) mass is 231 g/mol. The van der Waals surface area contributed by atoms with Gasteiger partial charge in [0.15, 0.2) is 0 Å². The van der Waals surface area contributed by atoms with Crippen LogP contribution in [0.1, 0.15) is 36.8 Å². The summed E-state index contributed by atoms with van der Waals surface area (Å²) in [5.74, 6) is 0.750. The number of rotatable bonds is 2. The lowest BCUT2D eigenvalue weighted by Crippen LogP contribution is -2.37. The molecule has 1 aliphatic heterocycles. The minimum atomic E-state index is -0.0708. The molecule has 1 aromatic rings. The van der Waals surface area contributed by atoms with Crippen molar-refractivity contribution in [2.45, 2.75) is 37.6 Å². The molecule has 0 radical (unpaired) electrons. The minimum Gasteiger partial charge on any atom is -0.381 e. The first-order chi connectivity index (χ1) is 8.28. The van der Waals surface area contributed by atoms with Crippen LogP contribution in [0, 0.1) is 5.92 Å². The maximum atomic E-state index is 6.66. The van der Waals surface area contributed by atoms with Gasteiger partial charge in [0.05, 0.1) is 0 Å². The molecular formula is C15H21NO. The molecule has 1 aromatic carbocycles. The Balaban J connectivity index is 1.78. The second-order valence-corrected chi connectivity index (χ2v) is 5.57. The fourth-order valence-corrected chi connectivity index (χ4v) is 3.39. The van der Waals surface area contributed by atoms with Crippen LogP contribution in [-0.4, -0.2) is 13.2 Å². The SMILES string of the molecule is NC1(CC2CCOCC2)CCc2ccccc21. The molecular weight excluding hydrogens is 210 g/mol. The maximum Gasteiger partial charge on any atom is 0.0468 e. The van der Waals surface area contributed by atoms with Gasteiger partial charge < -0.3 is 10.5 Å². The number of nitrogens with two attached hydrogens (primary N) is 1. The zero-order valence-electron chi connectivity index (χ0n) is 10.3. The molecule has 17 heavy (non-hydrogen) atoms. The quantitative estimate of drug-likeness (QED) is 0.849. The molecule has 0 amide bonds. The lowest BCUT2D eigenvalue weighted by molar-refractivity contribution is 0.0559. The van der Waals surface area contributed by atoms with Crippen molar-refractivity contribution in [3.63, 3.8) is 0 Å². The van der Waals surface area contributed by atoms with Gasteiger partial charge in [-0.3, -0.25) is 0 Å². The van der Waals surface area contributed by atoms with Crippen LogP contribution < -0.4 is 5.73 Å². The second kappa shape index (κ2) is 4.43. The van der Waals surface area contributed by atoms with E-state index in [1.165, 1.54) is 24.0 Å². The van der Waals surface area contributed by atoms with Crippen LogP contribution in [0.15, 0.2) is 24.3 Å². The molecule has 2 aliphatic rings. The van der Waals surface area contributed by atoms with Gasteiger partial charge in [-0.05, 0) is 49.1 Å². The second-order valence-electron chi connectivity index (χ2n) is 5.57. The minimum absolute atomic E-state index is 0.0708. The Labute approximate surface area is 103 Å². The number of fused-ring (bicyclic) bond motifs is 1. The van der Waals surface area contributed by atoms with Gasteiger partial charge in [0.2, 0.25) is 0 Å². The highest BCUT2D eigenvalue weighted by atomic mass is 16.5. The van der Waals surface area contributed by atoms with E-state index in [1.54, 1.807) is 0 Å². The number of hydrogen-bond acceptors (Lipinski definition) is 2. The Kier molecular flexibility index (Phi) is 2.93. The molecule has 92 valence electrons. The average Bonchev–Trinajstić information content (AvgIpc) is 2.69. The zero-order chi connectivity index (χ0) is 11.7. The number of ether oxygens (including phenoxy) is 1.